The molecule has 1 saturated heterocycles. The standard InChI is InChI=1S/C15H22N2O3/c1-19-14-10-12(16)6-7-13(14)20-11-15(18)17-8-4-2-3-5-9-17/h6-7,10H,2-5,8-9,11,16H2,1H3. The van der Waals surface area contributed by atoms with Gasteiger partial charge in [0.25, 0.3) is 5.91 Å². The molecule has 0 unspecified atom stereocenters. The van der Waals surface area contributed by atoms with Gasteiger partial charge in [-0.05, 0) is 25.0 Å². The molecule has 0 bridgehead atoms. The lowest BCUT2D eigenvalue weighted by atomic mass is 10.2. The van der Waals surface area contributed by atoms with Gasteiger partial charge >= 0.3 is 0 Å². The van der Waals surface area contributed by atoms with Crippen LogP contribution in [0.3, 0.4) is 0 Å². The predicted molar refractivity (Wildman–Crippen MR) is 77.9 cm³/mol. The molecule has 1 aliphatic heterocycles. The second kappa shape index (κ2) is 7.03. The summed E-state index contributed by atoms with van der Waals surface area (Å²) in [5, 5.41) is 0. The lowest BCUT2D eigenvalue weighted by Gasteiger charge is -2.20. The molecule has 0 aromatic heterocycles. The number of anilines is 1. The summed E-state index contributed by atoms with van der Waals surface area (Å²) in [6, 6.07) is 5.14. The van der Waals surface area contributed by atoms with Crippen molar-refractivity contribution in [2.75, 3.05) is 32.5 Å². The van der Waals surface area contributed by atoms with Crippen molar-refractivity contribution in [1.29, 1.82) is 0 Å². The molecule has 0 radical (unpaired) electrons. The summed E-state index contributed by atoms with van der Waals surface area (Å²) >= 11 is 0. The summed E-state index contributed by atoms with van der Waals surface area (Å²) in [5.41, 5.74) is 6.29. The number of nitrogens with two attached hydrogens (primary N) is 1. The third-order valence-electron chi connectivity index (χ3n) is 3.50. The van der Waals surface area contributed by atoms with E-state index in [1.807, 2.05) is 4.90 Å². The molecular weight excluding hydrogens is 256 g/mol. The number of benzene rings is 1. The highest BCUT2D eigenvalue weighted by Crippen LogP contribution is 2.28. The molecule has 1 aliphatic rings. The molecule has 1 aromatic carbocycles. The fraction of sp³-hybridized carbons (Fsp3) is 0.533. The first-order valence-corrected chi connectivity index (χ1v) is 7.05. The summed E-state index contributed by atoms with van der Waals surface area (Å²) in [6.07, 6.45) is 4.57. The number of hydrogen-bond acceptors (Lipinski definition) is 4. The van der Waals surface area contributed by atoms with Crippen molar-refractivity contribution in [1.82, 2.24) is 4.90 Å². The zero-order valence-corrected chi connectivity index (χ0v) is 11.9. The Morgan fingerprint density at radius 2 is 1.90 bits per heavy atom. The van der Waals surface area contributed by atoms with Gasteiger partial charge in [-0.2, -0.15) is 0 Å². The average molecular weight is 278 g/mol. The molecule has 1 fully saturated rings. The van der Waals surface area contributed by atoms with Gasteiger partial charge in [0.2, 0.25) is 0 Å². The van der Waals surface area contributed by atoms with Crippen molar-refractivity contribution < 1.29 is 14.3 Å². The van der Waals surface area contributed by atoms with E-state index in [4.69, 9.17) is 15.2 Å². The van der Waals surface area contributed by atoms with E-state index in [1.165, 1.54) is 12.8 Å². The normalized spacial score (nSPS) is 15.6. The van der Waals surface area contributed by atoms with Crippen molar-refractivity contribution in [3.8, 4) is 11.5 Å². The van der Waals surface area contributed by atoms with Crippen molar-refractivity contribution >= 4 is 11.6 Å². The molecule has 0 aliphatic carbocycles. The average Bonchev–Trinajstić information content (AvgIpc) is 2.74. The van der Waals surface area contributed by atoms with Crippen molar-refractivity contribution in [2.24, 2.45) is 0 Å². The molecule has 1 aromatic rings. The maximum Gasteiger partial charge on any atom is 0.260 e. The highest BCUT2D eigenvalue weighted by Gasteiger charge is 2.16. The van der Waals surface area contributed by atoms with Gasteiger partial charge in [0.15, 0.2) is 18.1 Å². The number of nitrogens with zero attached hydrogens (tertiary/aromatic N) is 1. The molecule has 2 N–H and O–H groups in total. The van der Waals surface area contributed by atoms with Crippen LogP contribution in [0.2, 0.25) is 0 Å². The molecule has 1 amide bonds. The van der Waals surface area contributed by atoms with Crippen LogP contribution < -0.4 is 15.2 Å². The Morgan fingerprint density at radius 3 is 2.55 bits per heavy atom. The van der Waals surface area contributed by atoms with Crippen molar-refractivity contribution in [3.63, 3.8) is 0 Å². The Kier molecular flexibility index (Phi) is 5.09. The Bertz CT molecular complexity index is 454. The van der Waals surface area contributed by atoms with E-state index in [2.05, 4.69) is 0 Å². The van der Waals surface area contributed by atoms with E-state index >= 15 is 0 Å². The molecule has 5 nitrogen and oxygen atoms in total. The molecule has 0 saturated carbocycles. The number of ether oxygens (including phenoxy) is 2. The first kappa shape index (κ1) is 14.5. The fourth-order valence-corrected chi connectivity index (χ4v) is 2.35. The minimum absolute atomic E-state index is 0.0331. The number of hydrogen-bond donors (Lipinski definition) is 1. The number of carbonyl (C=O) groups excluding carboxylic acids is 1. The first-order chi connectivity index (χ1) is 9.70. The number of carbonyl (C=O) groups is 1. The molecule has 1 heterocycles. The highest BCUT2D eigenvalue weighted by atomic mass is 16.5. The molecular formula is C15H22N2O3. The quantitative estimate of drug-likeness (QED) is 0.856. The van der Waals surface area contributed by atoms with Crippen LogP contribution in [0.15, 0.2) is 18.2 Å². The second-order valence-corrected chi connectivity index (χ2v) is 4.99. The van der Waals surface area contributed by atoms with Crippen LogP contribution in [0, 0.1) is 0 Å². The zero-order valence-electron chi connectivity index (χ0n) is 11.9. The number of methoxy groups -OCH3 is 1. The van der Waals surface area contributed by atoms with Crippen LogP contribution >= 0.6 is 0 Å². The fourth-order valence-electron chi connectivity index (χ4n) is 2.35. The van der Waals surface area contributed by atoms with Crippen molar-refractivity contribution in [3.05, 3.63) is 18.2 Å². The van der Waals surface area contributed by atoms with Crippen LogP contribution in [0.5, 0.6) is 11.5 Å². The van der Waals surface area contributed by atoms with Gasteiger partial charge in [-0.1, -0.05) is 12.8 Å². The zero-order chi connectivity index (χ0) is 14.4. The molecule has 20 heavy (non-hydrogen) atoms. The molecule has 0 spiro atoms. The molecule has 2 rings (SSSR count). The summed E-state index contributed by atoms with van der Waals surface area (Å²) in [5.74, 6) is 1.13. The number of amides is 1. The Labute approximate surface area is 119 Å². The summed E-state index contributed by atoms with van der Waals surface area (Å²) in [7, 11) is 1.55. The first-order valence-electron chi connectivity index (χ1n) is 7.05. The Balaban J connectivity index is 1.92. The van der Waals surface area contributed by atoms with Crippen LogP contribution in [0.4, 0.5) is 5.69 Å². The SMILES string of the molecule is COc1cc(N)ccc1OCC(=O)N1CCCCCC1. The Morgan fingerprint density at radius 1 is 1.20 bits per heavy atom. The van der Waals surface area contributed by atoms with Gasteiger partial charge < -0.3 is 20.1 Å². The van der Waals surface area contributed by atoms with E-state index in [-0.39, 0.29) is 12.5 Å². The topological polar surface area (TPSA) is 64.8 Å². The summed E-state index contributed by atoms with van der Waals surface area (Å²) in [4.78, 5) is 14.0. The van der Waals surface area contributed by atoms with E-state index in [0.717, 1.165) is 25.9 Å². The van der Waals surface area contributed by atoms with Gasteiger partial charge in [-0.25, -0.2) is 0 Å². The largest absolute Gasteiger partial charge is 0.493 e. The molecule has 5 heteroatoms. The van der Waals surface area contributed by atoms with Crippen LogP contribution in [-0.2, 0) is 4.79 Å². The smallest absolute Gasteiger partial charge is 0.260 e. The number of nitrogen functional groups attached to an aromatic ring is 1. The summed E-state index contributed by atoms with van der Waals surface area (Å²) < 4.78 is 10.8. The Hall–Kier alpha value is -1.91. The third kappa shape index (κ3) is 3.79. The lowest BCUT2D eigenvalue weighted by Crippen LogP contribution is -2.35. The second-order valence-electron chi connectivity index (χ2n) is 4.99. The van der Waals surface area contributed by atoms with E-state index in [1.54, 1.807) is 25.3 Å². The monoisotopic (exact) mass is 278 g/mol. The minimum atomic E-state index is 0.0331. The van der Waals surface area contributed by atoms with E-state index in [9.17, 15) is 4.79 Å². The van der Waals surface area contributed by atoms with Gasteiger partial charge in [0.05, 0.1) is 7.11 Å². The molecule has 110 valence electrons. The summed E-state index contributed by atoms with van der Waals surface area (Å²) in [6.45, 7) is 1.71. The number of rotatable bonds is 4. The number of likely N-dealkylation sites (tertiary alicyclic amines) is 1. The van der Waals surface area contributed by atoms with Crippen LogP contribution in [-0.4, -0.2) is 37.6 Å². The highest BCUT2D eigenvalue weighted by molar-refractivity contribution is 5.78. The predicted octanol–water partition coefficient (Wildman–Crippen LogP) is 2.06. The van der Waals surface area contributed by atoms with Crippen LogP contribution in [0.25, 0.3) is 0 Å². The lowest BCUT2D eigenvalue weighted by molar-refractivity contribution is -0.133. The maximum absolute atomic E-state index is 12.1. The minimum Gasteiger partial charge on any atom is -0.493 e. The van der Waals surface area contributed by atoms with Gasteiger partial charge in [-0.3, -0.25) is 4.79 Å². The van der Waals surface area contributed by atoms with Gasteiger partial charge in [-0.15, -0.1) is 0 Å². The van der Waals surface area contributed by atoms with E-state index in [0.29, 0.717) is 17.2 Å². The maximum atomic E-state index is 12.1. The van der Waals surface area contributed by atoms with Gasteiger partial charge in [0, 0.05) is 24.8 Å². The molecule has 0 atom stereocenters. The van der Waals surface area contributed by atoms with Crippen molar-refractivity contribution in [2.45, 2.75) is 25.7 Å². The van der Waals surface area contributed by atoms with E-state index < -0.39 is 0 Å². The van der Waals surface area contributed by atoms with Crippen LogP contribution in [0.1, 0.15) is 25.7 Å². The third-order valence-corrected chi connectivity index (χ3v) is 3.50. The van der Waals surface area contributed by atoms with Gasteiger partial charge in [0.1, 0.15) is 0 Å².